The standard InChI is InChI=1S/C21H22F2N4O2S/c1-20(21(8-9-21)30(3,29)27(2)19(24)26-20)15-10-13(4-6-16(15)23)11-18(28)17-7-5-14(22)12-25-17/h4-7,10,12H,3,8-9,11H2,1-2H3,(H2,24,26)/t20-,30?/m1/s1. The number of carbonyl (C=O) groups is 1. The molecule has 2 N–H and O–H groups in total. The minimum atomic E-state index is -2.83. The van der Waals surface area contributed by atoms with Crippen LogP contribution in [0.3, 0.4) is 0 Å². The molecule has 158 valence electrons. The predicted octanol–water partition coefficient (Wildman–Crippen LogP) is 2.42. The second kappa shape index (κ2) is 6.60. The number of benzene rings is 1. The Labute approximate surface area is 174 Å². The van der Waals surface area contributed by atoms with Gasteiger partial charge in [0, 0.05) is 19.0 Å². The zero-order valence-electron chi connectivity index (χ0n) is 16.7. The van der Waals surface area contributed by atoms with Crippen molar-refractivity contribution in [2.45, 2.75) is 36.5 Å². The molecule has 0 amide bonds. The van der Waals surface area contributed by atoms with Gasteiger partial charge in [0.15, 0.2) is 5.78 Å². The van der Waals surface area contributed by atoms with Gasteiger partial charge in [0.25, 0.3) is 0 Å². The molecule has 0 bridgehead atoms. The van der Waals surface area contributed by atoms with Crippen LogP contribution in [0.15, 0.2) is 41.5 Å². The maximum absolute atomic E-state index is 15.0. The van der Waals surface area contributed by atoms with Crippen LogP contribution in [0.2, 0.25) is 0 Å². The van der Waals surface area contributed by atoms with Gasteiger partial charge >= 0.3 is 0 Å². The Morgan fingerprint density at radius 1 is 1.30 bits per heavy atom. The molecule has 6 nitrogen and oxygen atoms in total. The molecule has 9 heteroatoms. The second-order valence-electron chi connectivity index (χ2n) is 7.95. The molecule has 2 atom stereocenters. The Kier molecular flexibility index (Phi) is 4.50. The fourth-order valence-electron chi connectivity index (χ4n) is 4.22. The topological polar surface area (TPSA) is 88.6 Å². The van der Waals surface area contributed by atoms with E-state index in [0.29, 0.717) is 18.4 Å². The van der Waals surface area contributed by atoms with E-state index in [9.17, 15) is 17.8 Å². The summed E-state index contributed by atoms with van der Waals surface area (Å²) in [5.41, 5.74) is 5.72. The molecule has 1 aliphatic heterocycles. The van der Waals surface area contributed by atoms with E-state index >= 15 is 0 Å². The largest absolute Gasteiger partial charge is 0.369 e. The van der Waals surface area contributed by atoms with Crippen molar-refractivity contribution in [3.8, 4) is 0 Å². The molecule has 1 fully saturated rings. The molecule has 2 heterocycles. The molecule has 0 radical (unpaired) electrons. The first kappa shape index (κ1) is 20.5. The zero-order valence-corrected chi connectivity index (χ0v) is 17.5. The molecule has 30 heavy (non-hydrogen) atoms. The lowest BCUT2D eigenvalue weighted by Crippen LogP contribution is -2.58. The molecule has 1 spiro atoms. The number of carbonyl (C=O) groups excluding carboxylic acids is 1. The highest BCUT2D eigenvalue weighted by atomic mass is 32.2. The van der Waals surface area contributed by atoms with Crippen LogP contribution in [0.1, 0.15) is 41.4 Å². The van der Waals surface area contributed by atoms with E-state index in [-0.39, 0.29) is 29.4 Å². The van der Waals surface area contributed by atoms with Crippen molar-refractivity contribution in [1.29, 1.82) is 0 Å². The normalized spacial score (nSPS) is 27.1. The first-order chi connectivity index (χ1) is 14.0. The van der Waals surface area contributed by atoms with Gasteiger partial charge in [0.2, 0.25) is 5.96 Å². The van der Waals surface area contributed by atoms with E-state index in [4.69, 9.17) is 5.73 Å². The zero-order chi connectivity index (χ0) is 21.9. The molecular weight excluding hydrogens is 410 g/mol. The lowest BCUT2D eigenvalue weighted by atomic mass is 9.85. The third-order valence-corrected chi connectivity index (χ3v) is 9.34. The van der Waals surface area contributed by atoms with E-state index in [0.717, 1.165) is 12.3 Å². The number of halogens is 2. The maximum atomic E-state index is 15.0. The summed E-state index contributed by atoms with van der Waals surface area (Å²) in [6.45, 7) is 1.72. The number of hydrogen-bond acceptors (Lipinski definition) is 5. The number of pyridine rings is 1. The minimum absolute atomic E-state index is 0.0337. The number of hydrogen-bond donors (Lipinski definition) is 1. The van der Waals surface area contributed by atoms with E-state index in [1.807, 2.05) is 0 Å². The van der Waals surface area contributed by atoms with Crippen LogP contribution in [0, 0.1) is 11.6 Å². The average Bonchev–Trinajstić information content (AvgIpc) is 3.51. The molecule has 4 rings (SSSR count). The molecule has 1 aliphatic carbocycles. The monoisotopic (exact) mass is 432 g/mol. The van der Waals surface area contributed by atoms with Gasteiger partial charge in [-0.15, -0.1) is 0 Å². The highest BCUT2D eigenvalue weighted by molar-refractivity contribution is 8.00. The lowest BCUT2D eigenvalue weighted by Gasteiger charge is -2.45. The SMILES string of the molecule is C=S1(=O)N(C)C(N)=N[C@](C)(c2cc(CC(=O)c3ccc(F)cn3)ccc2F)C12CC2. The van der Waals surface area contributed by atoms with E-state index < -0.39 is 31.6 Å². The summed E-state index contributed by atoms with van der Waals surface area (Å²) < 4.78 is 42.1. The van der Waals surface area contributed by atoms with Crippen molar-refractivity contribution >= 4 is 27.3 Å². The van der Waals surface area contributed by atoms with Gasteiger partial charge < -0.3 is 5.73 Å². The predicted molar refractivity (Wildman–Crippen MR) is 113 cm³/mol. The van der Waals surface area contributed by atoms with Gasteiger partial charge in [-0.25, -0.2) is 18.0 Å². The van der Waals surface area contributed by atoms with Crippen molar-refractivity contribution in [3.63, 3.8) is 0 Å². The number of guanidine groups is 1. The van der Waals surface area contributed by atoms with E-state index in [2.05, 4.69) is 15.8 Å². The van der Waals surface area contributed by atoms with Crippen molar-refractivity contribution in [2.24, 2.45) is 10.7 Å². The third-order valence-electron chi connectivity index (χ3n) is 6.24. The van der Waals surface area contributed by atoms with Crippen molar-refractivity contribution in [2.75, 3.05) is 7.05 Å². The third kappa shape index (κ3) is 2.83. The Balaban J connectivity index is 1.75. The fraction of sp³-hybridized carbons (Fsp3) is 0.333. The molecule has 2 aromatic rings. The summed E-state index contributed by atoms with van der Waals surface area (Å²) in [6.07, 6.45) is 2.08. The molecule has 1 saturated carbocycles. The second-order valence-corrected chi connectivity index (χ2v) is 10.6. The smallest absolute Gasteiger partial charge is 0.203 e. The van der Waals surface area contributed by atoms with Gasteiger partial charge in [-0.3, -0.25) is 14.1 Å². The quantitative estimate of drug-likeness (QED) is 0.594. The van der Waals surface area contributed by atoms with Gasteiger partial charge in [0.05, 0.1) is 20.7 Å². The summed E-state index contributed by atoms with van der Waals surface area (Å²) in [5.74, 6) is 2.58. The first-order valence-corrected chi connectivity index (χ1v) is 11.1. The molecule has 1 unspecified atom stereocenters. The van der Waals surface area contributed by atoms with Crippen molar-refractivity contribution in [3.05, 3.63) is 65.0 Å². The number of aliphatic imine (C=N–C) groups is 1. The Bertz CT molecular complexity index is 1170. The summed E-state index contributed by atoms with van der Waals surface area (Å²) >= 11 is 0. The van der Waals surface area contributed by atoms with Crippen LogP contribution >= 0.6 is 0 Å². The van der Waals surface area contributed by atoms with Gasteiger partial charge in [-0.1, -0.05) is 6.07 Å². The van der Waals surface area contributed by atoms with E-state index in [1.165, 1.54) is 22.5 Å². The summed E-state index contributed by atoms with van der Waals surface area (Å²) in [5, 5.41) is 0. The first-order valence-electron chi connectivity index (χ1n) is 9.41. The maximum Gasteiger partial charge on any atom is 0.203 e. The Morgan fingerprint density at radius 3 is 2.60 bits per heavy atom. The van der Waals surface area contributed by atoms with Crippen molar-refractivity contribution < 1.29 is 17.8 Å². The van der Waals surface area contributed by atoms with Crippen LogP contribution in [-0.4, -0.2) is 42.9 Å². The number of nitrogens with two attached hydrogens (primary N) is 1. The van der Waals surface area contributed by atoms with Crippen LogP contribution < -0.4 is 5.73 Å². The van der Waals surface area contributed by atoms with Crippen LogP contribution in [0.5, 0.6) is 0 Å². The molecule has 1 aromatic heterocycles. The number of aromatic nitrogens is 1. The number of Topliss-reactive ketones (excluding diaryl/α,β-unsaturated/α-hetero) is 1. The Morgan fingerprint density at radius 2 is 2.00 bits per heavy atom. The number of nitrogens with zero attached hydrogens (tertiary/aromatic N) is 3. The van der Waals surface area contributed by atoms with Gasteiger partial charge in [0.1, 0.15) is 22.9 Å². The van der Waals surface area contributed by atoms with Crippen LogP contribution in [-0.2, 0) is 21.7 Å². The average molecular weight is 432 g/mol. The molecule has 2 aliphatic rings. The highest BCUT2D eigenvalue weighted by Crippen LogP contribution is 2.60. The fourth-order valence-corrected chi connectivity index (χ4v) is 6.61. The summed E-state index contributed by atoms with van der Waals surface area (Å²) in [7, 11) is -1.26. The summed E-state index contributed by atoms with van der Waals surface area (Å²) in [6, 6.07) is 6.81. The van der Waals surface area contributed by atoms with Gasteiger partial charge in [-0.2, -0.15) is 0 Å². The lowest BCUT2D eigenvalue weighted by molar-refractivity contribution is 0.0988. The Hall–Kier alpha value is -2.81. The number of ketones is 1. The number of rotatable bonds is 4. The van der Waals surface area contributed by atoms with Gasteiger partial charge in [-0.05, 0) is 55.5 Å². The van der Waals surface area contributed by atoms with Crippen molar-refractivity contribution in [1.82, 2.24) is 9.29 Å². The van der Waals surface area contributed by atoms with Crippen LogP contribution in [0.4, 0.5) is 8.78 Å². The minimum Gasteiger partial charge on any atom is -0.369 e. The van der Waals surface area contributed by atoms with Crippen LogP contribution in [0.25, 0.3) is 0 Å². The molecular formula is C21H22F2N4O2S. The van der Waals surface area contributed by atoms with E-state index in [1.54, 1.807) is 20.0 Å². The molecule has 0 saturated heterocycles. The highest BCUT2D eigenvalue weighted by Gasteiger charge is 2.67. The summed E-state index contributed by atoms with van der Waals surface area (Å²) in [4.78, 5) is 20.9. The molecule has 1 aromatic carbocycles.